The highest BCUT2D eigenvalue weighted by Crippen LogP contribution is 2.24. The van der Waals surface area contributed by atoms with Gasteiger partial charge in [0.15, 0.2) is 0 Å². The summed E-state index contributed by atoms with van der Waals surface area (Å²) >= 11 is 0. The van der Waals surface area contributed by atoms with Crippen molar-refractivity contribution in [3.63, 3.8) is 0 Å². The van der Waals surface area contributed by atoms with E-state index < -0.39 is 10.0 Å². The van der Waals surface area contributed by atoms with E-state index in [2.05, 4.69) is 34.5 Å². The molecular weight excluding hydrogens is 410 g/mol. The molecule has 6 nitrogen and oxygen atoms in total. The molecule has 7 heteroatoms. The van der Waals surface area contributed by atoms with Crippen molar-refractivity contribution < 1.29 is 13.2 Å². The Morgan fingerprint density at radius 2 is 1.68 bits per heavy atom. The Balaban J connectivity index is 1.40. The summed E-state index contributed by atoms with van der Waals surface area (Å²) < 4.78 is 27.1. The van der Waals surface area contributed by atoms with Crippen molar-refractivity contribution >= 4 is 21.6 Å². The number of nitrogens with one attached hydrogen (secondary N) is 1. The minimum Gasteiger partial charge on any atom is -0.325 e. The Morgan fingerprint density at radius 3 is 2.45 bits per heavy atom. The minimum atomic E-state index is -3.50. The summed E-state index contributed by atoms with van der Waals surface area (Å²) in [4.78, 5) is 15.3. The number of benzene rings is 2. The molecule has 31 heavy (non-hydrogen) atoms. The van der Waals surface area contributed by atoms with Crippen LogP contribution in [0.2, 0.25) is 0 Å². The van der Waals surface area contributed by atoms with E-state index in [1.165, 1.54) is 16.3 Å². The van der Waals surface area contributed by atoms with Gasteiger partial charge in [-0.15, -0.1) is 0 Å². The van der Waals surface area contributed by atoms with Gasteiger partial charge in [0.2, 0.25) is 15.9 Å². The van der Waals surface area contributed by atoms with Gasteiger partial charge in [-0.05, 0) is 62.4 Å². The third-order valence-corrected chi connectivity index (χ3v) is 8.13. The zero-order valence-electron chi connectivity index (χ0n) is 17.9. The van der Waals surface area contributed by atoms with Gasteiger partial charge in [-0.1, -0.05) is 42.8 Å². The fraction of sp³-hybridized carbons (Fsp3) is 0.458. The average Bonchev–Trinajstić information content (AvgIpc) is 3.32. The number of hydrogen-bond donors (Lipinski definition) is 1. The van der Waals surface area contributed by atoms with Gasteiger partial charge in [0, 0.05) is 24.8 Å². The Kier molecular flexibility index (Phi) is 7.05. The highest BCUT2D eigenvalue weighted by atomic mass is 32.2. The Bertz CT molecular complexity index is 988. The number of hydrogen-bond acceptors (Lipinski definition) is 4. The van der Waals surface area contributed by atoms with Crippen LogP contribution in [-0.2, 0) is 21.2 Å². The third kappa shape index (κ3) is 5.53. The van der Waals surface area contributed by atoms with Crippen LogP contribution >= 0.6 is 0 Å². The van der Waals surface area contributed by atoms with E-state index in [1.54, 1.807) is 24.3 Å². The Labute approximate surface area is 185 Å². The number of sulfonamides is 1. The lowest BCUT2D eigenvalue weighted by Crippen LogP contribution is -2.45. The van der Waals surface area contributed by atoms with Crippen LogP contribution in [-0.4, -0.2) is 55.8 Å². The van der Waals surface area contributed by atoms with Crippen LogP contribution in [0.15, 0.2) is 59.5 Å². The van der Waals surface area contributed by atoms with Gasteiger partial charge in [-0.25, -0.2) is 8.42 Å². The summed E-state index contributed by atoms with van der Waals surface area (Å²) in [6.45, 7) is 2.36. The van der Waals surface area contributed by atoms with E-state index in [-0.39, 0.29) is 10.8 Å². The fourth-order valence-corrected chi connectivity index (χ4v) is 6.15. The minimum absolute atomic E-state index is 0.101. The zero-order chi connectivity index (χ0) is 21.7. The Hall–Kier alpha value is -2.22. The van der Waals surface area contributed by atoms with Crippen molar-refractivity contribution in [2.75, 3.05) is 31.5 Å². The lowest BCUT2D eigenvalue weighted by atomic mass is 9.95. The molecule has 4 rings (SSSR count). The molecule has 2 fully saturated rings. The first-order valence-corrected chi connectivity index (χ1v) is 12.6. The number of rotatable bonds is 7. The van der Waals surface area contributed by atoms with Crippen molar-refractivity contribution in [3.05, 3.63) is 60.2 Å². The number of likely N-dealkylation sites (tertiary alicyclic amines) is 1. The number of carbonyl (C=O) groups excluding carboxylic acids is 1. The van der Waals surface area contributed by atoms with Crippen LogP contribution in [0, 0.1) is 0 Å². The molecule has 1 N–H and O–H groups in total. The lowest BCUT2D eigenvalue weighted by Gasteiger charge is -2.35. The first-order valence-electron chi connectivity index (χ1n) is 11.2. The van der Waals surface area contributed by atoms with Gasteiger partial charge in [-0.2, -0.15) is 4.31 Å². The maximum atomic E-state index is 12.8. The molecule has 2 aliphatic heterocycles. The predicted octanol–water partition coefficient (Wildman–Crippen LogP) is 3.51. The summed E-state index contributed by atoms with van der Waals surface area (Å²) in [6.07, 6.45) is 6.11. The highest BCUT2D eigenvalue weighted by molar-refractivity contribution is 7.89. The molecule has 0 aliphatic carbocycles. The standard InChI is InChI=1S/C24H31N3O3S/c28-24(19-26-14-5-4-12-22(26)17-20-9-2-1-3-10-20)25-21-11-8-13-23(18-21)31(29,30)27-15-6-7-16-27/h1-3,8-11,13,18,22H,4-7,12,14-17,19H2,(H,25,28). The van der Waals surface area contributed by atoms with Crippen LogP contribution in [0.3, 0.4) is 0 Å². The van der Waals surface area contributed by atoms with Crippen molar-refractivity contribution in [1.29, 1.82) is 0 Å². The van der Waals surface area contributed by atoms with Gasteiger partial charge in [-0.3, -0.25) is 9.69 Å². The van der Waals surface area contributed by atoms with Gasteiger partial charge in [0.1, 0.15) is 0 Å². The highest BCUT2D eigenvalue weighted by Gasteiger charge is 2.28. The van der Waals surface area contributed by atoms with E-state index >= 15 is 0 Å². The number of carbonyl (C=O) groups is 1. The largest absolute Gasteiger partial charge is 0.325 e. The second kappa shape index (κ2) is 9.94. The van der Waals surface area contributed by atoms with E-state index in [1.807, 2.05) is 6.07 Å². The first-order chi connectivity index (χ1) is 15.0. The van der Waals surface area contributed by atoms with Crippen molar-refractivity contribution in [1.82, 2.24) is 9.21 Å². The van der Waals surface area contributed by atoms with E-state index in [0.29, 0.717) is 31.4 Å². The van der Waals surface area contributed by atoms with Crippen LogP contribution in [0.25, 0.3) is 0 Å². The monoisotopic (exact) mass is 441 g/mol. The lowest BCUT2D eigenvalue weighted by molar-refractivity contribution is -0.118. The molecule has 166 valence electrons. The van der Waals surface area contributed by atoms with Crippen molar-refractivity contribution in [2.45, 2.75) is 49.5 Å². The van der Waals surface area contributed by atoms with Gasteiger partial charge < -0.3 is 5.32 Å². The molecule has 2 heterocycles. The summed E-state index contributed by atoms with van der Waals surface area (Å²) in [5.74, 6) is -0.101. The average molecular weight is 442 g/mol. The van der Waals surface area contributed by atoms with Gasteiger partial charge >= 0.3 is 0 Å². The normalized spacial score (nSPS) is 20.6. The maximum Gasteiger partial charge on any atom is 0.243 e. The summed E-state index contributed by atoms with van der Waals surface area (Å²) in [7, 11) is -3.50. The number of nitrogens with zero attached hydrogens (tertiary/aromatic N) is 2. The van der Waals surface area contributed by atoms with Crippen LogP contribution < -0.4 is 5.32 Å². The molecule has 0 radical (unpaired) electrons. The summed E-state index contributed by atoms with van der Waals surface area (Å²) in [5, 5.41) is 2.91. The van der Waals surface area contributed by atoms with Gasteiger partial charge in [0.25, 0.3) is 0 Å². The molecule has 2 saturated heterocycles. The van der Waals surface area contributed by atoms with E-state index in [0.717, 1.165) is 38.6 Å². The van der Waals surface area contributed by atoms with E-state index in [4.69, 9.17) is 0 Å². The molecule has 2 aromatic carbocycles. The smallest absolute Gasteiger partial charge is 0.243 e. The second-order valence-electron chi connectivity index (χ2n) is 8.50. The maximum absolute atomic E-state index is 12.8. The molecule has 0 aromatic heterocycles. The van der Waals surface area contributed by atoms with Crippen molar-refractivity contribution in [2.24, 2.45) is 0 Å². The number of anilines is 1. The van der Waals surface area contributed by atoms with Crippen LogP contribution in [0.4, 0.5) is 5.69 Å². The Morgan fingerprint density at radius 1 is 0.935 bits per heavy atom. The number of piperidine rings is 1. The SMILES string of the molecule is O=C(CN1CCCCC1Cc1ccccc1)Nc1cccc(S(=O)(=O)N2CCCC2)c1. The zero-order valence-corrected chi connectivity index (χ0v) is 18.7. The van der Waals surface area contributed by atoms with E-state index in [9.17, 15) is 13.2 Å². The number of amides is 1. The van der Waals surface area contributed by atoms with Gasteiger partial charge in [0.05, 0.1) is 11.4 Å². The second-order valence-corrected chi connectivity index (χ2v) is 10.4. The third-order valence-electron chi connectivity index (χ3n) is 6.23. The van der Waals surface area contributed by atoms with Crippen molar-refractivity contribution in [3.8, 4) is 0 Å². The molecule has 1 amide bonds. The molecule has 0 saturated carbocycles. The fourth-order valence-electron chi connectivity index (χ4n) is 4.58. The van der Waals surface area contributed by atoms with Crippen LogP contribution in [0.1, 0.15) is 37.7 Å². The topological polar surface area (TPSA) is 69.7 Å². The molecule has 2 aromatic rings. The molecule has 1 unspecified atom stereocenters. The first kappa shape index (κ1) is 22.0. The molecule has 1 atom stereocenters. The molecule has 2 aliphatic rings. The molecule has 0 spiro atoms. The summed E-state index contributed by atoms with van der Waals surface area (Å²) in [5.41, 5.74) is 1.82. The molecular formula is C24H31N3O3S. The quantitative estimate of drug-likeness (QED) is 0.714. The summed E-state index contributed by atoms with van der Waals surface area (Å²) in [6, 6.07) is 17.4. The molecule has 0 bridgehead atoms. The predicted molar refractivity (Wildman–Crippen MR) is 122 cm³/mol. The van der Waals surface area contributed by atoms with Crippen LogP contribution in [0.5, 0.6) is 0 Å².